The van der Waals surface area contributed by atoms with E-state index in [1.807, 2.05) is 60.7 Å². The molecular weight excluding hydrogens is 336 g/mol. The van der Waals surface area contributed by atoms with Gasteiger partial charge in [-0.2, -0.15) is 0 Å². The summed E-state index contributed by atoms with van der Waals surface area (Å²) >= 11 is 0. The van der Waals surface area contributed by atoms with Gasteiger partial charge in [0.15, 0.2) is 17.6 Å². The molecule has 3 heteroatoms. The van der Waals surface area contributed by atoms with Crippen LogP contribution in [0.3, 0.4) is 0 Å². The minimum Gasteiger partial charge on any atom is -0.473 e. The number of carbonyl (C=O) groups excluding carboxylic acids is 1. The lowest BCUT2D eigenvalue weighted by Gasteiger charge is -2.20. The number of Topliss-reactive ketones (excluding diaryl/α,β-unsaturated/α-hetero) is 1. The molecule has 2 heterocycles. The van der Waals surface area contributed by atoms with E-state index in [0.717, 1.165) is 29.7 Å². The summed E-state index contributed by atoms with van der Waals surface area (Å²) < 4.78 is 12.5. The van der Waals surface area contributed by atoms with Gasteiger partial charge in [-0.25, -0.2) is 0 Å². The summed E-state index contributed by atoms with van der Waals surface area (Å²) in [6.07, 6.45) is 5.24. The van der Waals surface area contributed by atoms with Crippen LogP contribution in [-0.2, 0) is 0 Å². The second-order valence-corrected chi connectivity index (χ2v) is 7.47. The number of furan rings is 1. The first-order chi connectivity index (χ1) is 13.3. The lowest BCUT2D eigenvalue weighted by molar-refractivity contribution is 0.0851. The largest absolute Gasteiger partial charge is 0.473 e. The van der Waals surface area contributed by atoms with Gasteiger partial charge in [0.2, 0.25) is 5.78 Å². The lowest BCUT2D eigenvalue weighted by Crippen LogP contribution is -2.13. The molecule has 136 valence electrons. The number of rotatable bonds is 3. The molecule has 1 saturated carbocycles. The molecule has 1 unspecified atom stereocenters. The van der Waals surface area contributed by atoms with Crippen molar-refractivity contribution in [3.8, 4) is 17.1 Å². The fourth-order valence-electron chi connectivity index (χ4n) is 4.36. The number of fused-ring (bicyclic) bond motifs is 1. The minimum atomic E-state index is -0.572. The highest BCUT2D eigenvalue weighted by Gasteiger charge is 2.43. The van der Waals surface area contributed by atoms with Gasteiger partial charge in [0.25, 0.3) is 0 Å². The van der Waals surface area contributed by atoms with Gasteiger partial charge in [-0.1, -0.05) is 79.9 Å². The Balaban J connectivity index is 1.62. The zero-order valence-corrected chi connectivity index (χ0v) is 15.2. The Morgan fingerprint density at radius 1 is 0.815 bits per heavy atom. The summed E-state index contributed by atoms with van der Waals surface area (Å²) in [6, 6.07) is 19.7. The predicted octanol–water partition coefficient (Wildman–Crippen LogP) is 6.31. The molecule has 0 amide bonds. The zero-order valence-electron chi connectivity index (χ0n) is 15.2. The molecule has 2 aromatic carbocycles. The van der Waals surface area contributed by atoms with Crippen LogP contribution in [0, 0.1) is 0 Å². The van der Waals surface area contributed by atoms with Crippen LogP contribution in [0.4, 0.5) is 0 Å². The van der Waals surface area contributed by atoms with E-state index in [2.05, 4.69) is 0 Å². The Kier molecular flexibility index (Phi) is 4.08. The standard InChI is InChI=1S/C24H22O3/c25-20-19-21(16-10-4-1-5-11-16)26-23(18-14-8-3-9-15-18)24(19)27-22(20)17-12-6-2-7-13-17/h2-3,6-9,12-16,22H,1,4-5,10-11H2. The average molecular weight is 358 g/mol. The Morgan fingerprint density at radius 3 is 2.19 bits per heavy atom. The average Bonchev–Trinajstić information content (AvgIpc) is 3.28. The van der Waals surface area contributed by atoms with Gasteiger partial charge in [0.05, 0.1) is 0 Å². The molecule has 0 bridgehead atoms. The van der Waals surface area contributed by atoms with E-state index in [4.69, 9.17) is 9.15 Å². The SMILES string of the molecule is O=C1c2c(C3CCCCC3)oc(-c3ccccc3)c2OC1c1ccccc1. The molecule has 0 saturated heterocycles. The van der Waals surface area contributed by atoms with Crippen molar-refractivity contribution in [3.05, 3.63) is 77.6 Å². The summed E-state index contributed by atoms with van der Waals surface area (Å²) in [5, 5.41) is 0. The molecule has 0 N–H and O–H groups in total. The fraction of sp³-hybridized carbons (Fsp3) is 0.292. The number of carbonyl (C=O) groups is 1. The molecule has 1 atom stereocenters. The van der Waals surface area contributed by atoms with E-state index in [-0.39, 0.29) is 5.78 Å². The predicted molar refractivity (Wildman–Crippen MR) is 104 cm³/mol. The number of ketones is 1. The fourth-order valence-corrected chi connectivity index (χ4v) is 4.36. The molecular formula is C24H22O3. The molecule has 2 aliphatic rings. The Bertz CT molecular complexity index is 950. The zero-order chi connectivity index (χ0) is 18.2. The van der Waals surface area contributed by atoms with Gasteiger partial charge in [-0.3, -0.25) is 4.79 Å². The van der Waals surface area contributed by atoms with Gasteiger partial charge in [0.1, 0.15) is 11.3 Å². The van der Waals surface area contributed by atoms with E-state index in [1.165, 1.54) is 19.3 Å². The maximum atomic E-state index is 13.3. The Morgan fingerprint density at radius 2 is 1.48 bits per heavy atom. The third kappa shape index (κ3) is 2.78. The van der Waals surface area contributed by atoms with Gasteiger partial charge < -0.3 is 9.15 Å². The van der Waals surface area contributed by atoms with E-state index < -0.39 is 6.10 Å². The molecule has 0 radical (unpaired) electrons. The van der Waals surface area contributed by atoms with E-state index in [1.54, 1.807) is 0 Å². The second-order valence-electron chi connectivity index (χ2n) is 7.47. The normalized spacial score (nSPS) is 19.7. The molecule has 1 fully saturated rings. The van der Waals surface area contributed by atoms with E-state index in [9.17, 15) is 4.79 Å². The van der Waals surface area contributed by atoms with Crippen molar-refractivity contribution in [2.75, 3.05) is 0 Å². The van der Waals surface area contributed by atoms with Gasteiger partial charge in [-0.05, 0) is 12.8 Å². The molecule has 3 aromatic rings. The highest BCUT2D eigenvalue weighted by molar-refractivity contribution is 6.07. The van der Waals surface area contributed by atoms with Crippen molar-refractivity contribution < 1.29 is 13.9 Å². The van der Waals surface area contributed by atoms with Crippen LogP contribution in [-0.4, -0.2) is 5.78 Å². The summed E-state index contributed by atoms with van der Waals surface area (Å²) in [5.74, 6) is 2.50. The van der Waals surface area contributed by atoms with Crippen LogP contribution in [0.5, 0.6) is 5.75 Å². The van der Waals surface area contributed by atoms with Crippen molar-refractivity contribution in [3.63, 3.8) is 0 Å². The second kappa shape index (κ2) is 6.73. The highest BCUT2D eigenvalue weighted by atomic mass is 16.5. The summed E-state index contributed by atoms with van der Waals surface area (Å²) in [6.45, 7) is 0. The molecule has 3 nitrogen and oxygen atoms in total. The van der Waals surface area contributed by atoms with Crippen molar-refractivity contribution in [2.45, 2.75) is 44.1 Å². The van der Waals surface area contributed by atoms with Crippen LogP contribution in [0.15, 0.2) is 65.1 Å². The number of benzene rings is 2. The number of hydrogen-bond donors (Lipinski definition) is 0. The maximum Gasteiger partial charge on any atom is 0.215 e. The smallest absolute Gasteiger partial charge is 0.215 e. The van der Waals surface area contributed by atoms with E-state index >= 15 is 0 Å². The highest BCUT2D eigenvalue weighted by Crippen LogP contribution is 2.50. The first-order valence-corrected chi connectivity index (χ1v) is 9.81. The van der Waals surface area contributed by atoms with Gasteiger partial charge in [0, 0.05) is 17.0 Å². The van der Waals surface area contributed by atoms with Crippen LogP contribution >= 0.6 is 0 Å². The van der Waals surface area contributed by atoms with Crippen LogP contribution in [0.25, 0.3) is 11.3 Å². The van der Waals surface area contributed by atoms with E-state index in [0.29, 0.717) is 23.0 Å². The molecule has 1 aliphatic carbocycles. The first-order valence-electron chi connectivity index (χ1n) is 9.81. The molecule has 0 spiro atoms. The number of ether oxygens (including phenoxy) is 1. The molecule has 1 aromatic heterocycles. The Hall–Kier alpha value is -2.81. The van der Waals surface area contributed by atoms with Crippen LogP contribution in [0.1, 0.15) is 65.8 Å². The first kappa shape index (κ1) is 16.4. The third-order valence-corrected chi connectivity index (χ3v) is 5.73. The monoisotopic (exact) mass is 358 g/mol. The lowest BCUT2D eigenvalue weighted by atomic mass is 9.85. The van der Waals surface area contributed by atoms with Crippen molar-refractivity contribution >= 4 is 5.78 Å². The topological polar surface area (TPSA) is 39.4 Å². The Labute approximate surface area is 159 Å². The van der Waals surface area contributed by atoms with Crippen LogP contribution in [0.2, 0.25) is 0 Å². The third-order valence-electron chi connectivity index (χ3n) is 5.73. The van der Waals surface area contributed by atoms with Gasteiger partial charge in [-0.15, -0.1) is 0 Å². The maximum absolute atomic E-state index is 13.3. The summed E-state index contributed by atoms with van der Waals surface area (Å²) in [4.78, 5) is 13.3. The minimum absolute atomic E-state index is 0.0303. The van der Waals surface area contributed by atoms with Gasteiger partial charge >= 0.3 is 0 Å². The molecule has 27 heavy (non-hydrogen) atoms. The molecule has 1 aliphatic heterocycles. The quantitative estimate of drug-likeness (QED) is 0.551. The van der Waals surface area contributed by atoms with Crippen molar-refractivity contribution in [2.24, 2.45) is 0 Å². The summed E-state index contributed by atoms with van der Waals surface area (Å²) in [7, 11) is 0. The number of hydrogen-bond acceptors (Lipinski definition) is 3. The van der Waals surface area contributed by atoms with Crippen LogP contribution < -0.4 is 4.74 Å². The summed E-state index contributed by atoms with van der Waals surface area (Å²) in [5.41, 5.74) is 2.53. The molecule has 5 rings (SSSR count). The van der Waals surface area contributed by atoms with Crippen molar-refractivity contribution in [1.29, 1.82) is 0 Å². The van der Waals surface area contributed by atoms with Crippen molar-refractivity contribution in [1.82, 2.24) is 0 Å².